The number of H-pyrrole nitrogens is 2. The molecular formula is C36H22N4. The van der Waals surface area contributed by atoms with E-state index in [0.717, 1.165) is 66.1 Å². The van der Waals surface area contributed by atoms with Crippen molar-refractivity contribution in [3.8, 4) is 22.3 Å². The van der Waals surface area contributed by atoms with Crippen molar-refractivity contribution in [1.82, 2.24) is 19.9 Å². The lowest BCUT2D eigenvalue weighted by Gasteiger charge is -2.15. The van der Waals surface area contributed by atoms with Crippen LogP contribution >= 0.6 is 0 Å². The lowest BCUT2D eigenvalue weighted by Crippen LogP contribution is -1.96. The van der Waals surface area contributed by atoms with E-state index in [2.05, 4.69) is 119 Å². The molecule has 6 aromatic carbocycles. The van der Waals surface area contributed by atoms with Crippen LogP contribution in [0, 0.1) is 0 Å². The maximum absolute atomic E-state index is 5.46. The van der Waals surface area contributed by atoms with Crippen LogP contribution in [0.15, 0.2) is 122 Å². The molecular weight excluding hydrogens is 488 g/mol. The molecule has 186 valence electrons. The Labute approximate surface area is 228 Å². The molecule has 0 atom stereocenters. The largest absolute Gasteiger partial charge is 0.361 e. The highest BCUT2D eigenvalue weighted by molar-refractivity contribution is 6.24. The normalized spacial score (nSPS) is 12.0. The Morgan fingerprint density at radius 1 is 0.400 bits per heavy atom. The molecule has 9 rings (SSSR count). The molecule has 9 aromatic rings. The van der Waals surface area contributed by atoms with Gasteiger partial charge in [-0.1, -0.05) is 84.9 Å². The molecule has 0 amide bonds. The van der Waals surface area contributed by atoms with Crippen molar-refractivity contribution in [2.45, 2.75) is 0 Å². The number of rotatable bonds is 2. The summed E-state index contributed by atoms with van der Waals surface area (Å²) in [6, 6.07) is 38.8. The van der Waals surface area contributed by atoms with E-state index in [1.807, 2.05) is 12.4 Å². The second-order valence-corrected chi connectivity index (χ2v) is 10.4. The molecule has 3 heterocycles. The second-order valence-electron chi connectivity index (χ2n) is 10.4. The van der Waals surface area contributed by atoms with Crippen molar-refractivity contribution >= 4 is 65.4 Å². The fourth-order valence-corrected chi connectivity index (χ4v) is 6.26. The molecule has 4 nitrogen and oxygen atoms in total. The molecule has 0 fully saturated rings. The van der Waals surface area contributed by atoms with E-state index < -0.39 is 0 Å². The van der Waals surface area contributed by atoms with Gasteiger partial charge in [-0.25, -0.2) is 9.97 Å². The van der Waals surface area contributed by atoms with Crippen LogP contribution in [0.5, 0.6) is 0 Å². The van der Waals surface area contributed by atoms with Crippen LogP contribution in [0.4, 0.5) is 0 Å². The Bertz CT molecular complexity index is 2270. The van der Waals surface area contributed by atoms with Gasteiger partial charge in [-0.15, -0.1) is 0 Å². The predicted molar refractivity (Wildman–Crippen MR) is 167 cm³/mol. The van der Waals surface area contributed by atoms with Crippen LogP contribution in [0.2, 0.25) is 0 Å². The number of fused-ring (bicyclic) bond motifs is 9. The highest BCUT2D eigenvalue weighted by Gasteiger charge is 2.18. The summed E-state index contributed by atoms with van der Waals surface area (Å²) in [5.74, 6) is 0. The molecule has 0 spiro atoms. The van der Waals surface area contributed by atoms with Crippen LogP contribution in [-0.4, -0.2) is 19.9 Å². The van der Waals surface area contributed by atoms with Gasteiger partial charge in [0.1, 0.15) is 0 Å². The molecule has 0 saturated heterocycles. The molecule has 0 aliphatic heterocycles. The third-order valence-electron chi connectivity index (χ3n) is 8.21. The fourth-order valence-electron chi connectivity index (χ4n) is 6.26. The molecule has 2 N–H and O–H groups in total. The summed E-state index contributed by atoms with van der Waals surface area (Å²) in [5.41, 5.74) is 10.3. The van der Waals surface area contributed by atoms with Gasteiger partial charge in [-0.3, -0.25) is 0 Å². The van der Waals surface area contributed by atoms with Crippen LogP contribution in [0.3, 0.4) is 0 Å². The van der Waals surface area contributed by atoms with Crippen molar-refractivity contribution in [2.24, 2.45) is 0 Å². The van der Waals surface area contributed by atoms with Gasteiger partial charge in [0.05, 0.1) is 22.1 Å². The van der Waals surface area contributed by atoms with Crippen molar-refractivity contribution < 1.29 is 0 Å². The van der Waals surface area contributed by atoms with Gasteiger partial charge in [0.2, 0.25) is 0 Å². The zero-order valence-corrected chi connectivity index (χ0v) is 21.4. The highest BCUT2D eigenvalue weighted by Crippen LogP contribution is 2.39. The first-order chi connectivity index (χ1) is 19.8. The predicted octanol–water partition coefficient (Wildman–Crippen LogP) is 9.39. The number of aromatic nitrogens is 4. The fraction of sp³-hybridized carbons (Fsp3) is 0. The van der Waals surface area contributed by atoms with E-state index in [1.165, 1.54) is 21.5 Å². The first kappa shape index (κ1) is 21.5. The molecule has 0 aliphatic rings. The number of nitrogens with zero attached hydrogens (tertiary/aromatic N) is 2. The van der Waals surface area contributed by atoms with Crippen molar-refractivity contribution in [3.05, 3.63) is 122 Å². The zero-order valence-electron chi connectivity index (χ0n) is 21.4. The van der Waals surface area contributed by atoms with Crippen LogP contribution < -0.4 is 0 Å². The lowest BCUT2D eigenvalue weighted by atomic mass is 9.95. The highest BCUT2D eigenvalue weighted by atomic mass is 14.8. The SMILES string of the molecule is c1ccc2c(c1)c1ccccc1c1nc3c(-c4ccc5cc[nH]c5c4)ccc(-c4ccc5cc[nH]c5c4)c3nc21. The molecule has 0 unspecified atom stereocenters. The minimum Gasteiger partial charge on any atom is -0.361 e. The van der Waals surface area contributed by atoms with E-state index in [0.29, 0.717) is 0 Å². The quantitative estimate of drug-likeness (QED) is 0.180. The summed E-state index contributed by atoms with van der Waals surface area (Å²) < 4.78 is 0. The van der Waals surface area contributed by atoms with Crippen LogP contribution in [0.25, 0.3) is 87.7 Å². The number of benzene rings is 6. The average Bonchev–Trinajstić information content (AvgIpc) is 3.69. The topological polar surface area (TPSA) is 57.4 Å². The minimum atomic E-state index is 0.905. The first-order valence-electron chi connectivity index (χ1n) is 13.5. The maximum Gasteiger partial charge on any atom is 0.0979 e. The maximum atomic E-state index is 5.46. The number of hydrogen-bond acceptors (Lipinski definition) is 2. The summed E-state index contributed by atoms with van der Waals surface area (Å²) in [6.07, 6.45) is 3.97. The molecule has 0 saturated carbocycles. The summed E-state index contributed by atoms with van der Waals surface area (Å²) in [4.78, 5) is 17.6. The second kappa shape index (κ2) is 8.01. The lowest BCUT2D eigenvalue weighted by molar-refractivity contribution is 1.41. The Balaban J connectivity index is 1.45. The number of aromatic amines is 2. The standard InChI is InChI=1S/C36H22N4/c1-3-7-29-27(5-1)28-6-2-4-8-30(28)36-35(29)39-33-25(23-11-9-21-15-17-37-31(21)19-23)13-14-26(34(33)40-36)24-12-10-22-16-18-38-32(22)20-24/h1-20,37-38H. The van der Waals surface area contributed by atoms with E-state index in [-0.39, 0.29) is 0 Å². The first-order valence-corrected chi connectivity index (χ1v) is 13.5. The summed E-state index contributed by atoms with van der Waals surface area (Å²) in [6.45, 7) is 0. The van der Waals surface area contributed by atoms with Crippen molar-refractivity contribution in [3.63, 3.8) is 0 Å². The molecule has 0 radical (unpaired) electrons. The zero-order chi connectivity index (χ0) is 26.2. The Morgan fingerprint density at radius 3 is 1.32 bits per heavy atom. The van der Waals surface area contributed by atoms with Crippen LogP contribution in [0.1, 0.15) is 0 Å². The van der Waals surface area contributed by atoms with E-state index in [4.69, 9.17) is 9.97 Å². The van der Waals surface area contributed by atoms with Gasteiger partial charge in [-0.05, 0) is 56.9 Å². The van der Waals surface area contributed by atoms with Gasteiger partial charge in [0.25, 0.3) is 0 Å². The summed E-state index contributed by atoms with van der Waals surface area (Å²) in [5, 5.41) is 7.02. The summed E-state index contributed by atoms with van der Waals surface area (Å²) in [7, 11) is 0. The van der Waals surface area contributed by atoms with Gasteiger partial charge < -0.3 is 9.97 Å². The third kappa shape index (κ3) is 3.01. The molecule has 4 heteroatoms. The molecule has 40 heavy (non-hydrogen) atoms. The minimum absolute atomic E-state index is 0.905. The van der Waals surface area contributed by atoms with E-state index in [1.54, 1.807) is 0 Å². The van der Waals surface area contributed by atoms with E-state index >= 15 is 0 Å². The summed E-state index contributed by atoms with van der Waals surface area (Å²) >= 11 is 0. The molecule has 0 bridgehead atoms. The number of nitrogens with one attached hydrogen (secondary N) is 2. The Morgan fingerprint density at radius 2 is 0.850 bits per heavy atom. The van der Waals surface area contributed by atoms with Crippen molar-refractivity contribution in [1.29, 1.82) is 0 Å². The number of hydrogen-bond donors (Lipinski definition) is 2. The van der Waals surface area contributed by atoms with Crippen LogP contribution in [-0.2, 0) is 0 Å². The van der Waals surface area contributed by atoms with Gasteiger partial charge in [-0.2, -0.15) is 0 Å². The third-order valence-corrected chi connectivity index (χ3v) is 8.21. The smallest absolute Gasteiger partial charge is 0.0979 e. The van der Waals surface area contributed by atoms with Gasteiger partial charge in [0, 0.05) is 45.3 Å². The van der Waals surface area contributed by atoms with Gasteiger partial charge >= 0.3 is 0 Å². The average molecular weight is 511 g/mol. The Kier molecular flexibility index (Phi) is 4.30. The molecule has 3 aromatic heterocycles. The van der Waals surface area contributed by atoms with Crippen molar-refractivity contribution in [2.75, 3.05) is 0 Å². The van der Waals surface area contributed by atoms with Gasteiger partial charge in [0.15, 0.2) is 0 Å². The molecule has 0 aliphatic carbocycles. The monoisotopic (exact) mass is 510 g/mol. The Hall–Kier alpha value is -5.48. The van der Waals surface area contributed by atoms with E-state index in [9.17, 15) is 0 Å².